The van der Waals surface area contributed by atoms with Crippen LogP contribution in [0.15, 0.2) is 41.1 Å². The highest BCUT2D eigenvalue weighted by Gasteiger charge is 2.16. The van der Waals surface area contributed by atoms with E-state index in [0.29, 0.717) is 17.0 Å². The van der Waals surface area contributed by atoms with Crippen LogP contribution < -0.4 is 0 Å². The van der Waals surface area contributed by atoms with E-state index in [4.69, 9.17) is 11.6 Å². The summed E-state index contributed by atoms with van der Waals surface area (Å²) in [6, 6.07) is 6.66. The Morgan fingerprint density at radius 1 is 1.33 bits per heavy atom. The number of nitrogens with zero attached hydrogens (tertiary/aromatic N) is 2. The summed E-state index contributed by atoms with van der Waals surface area (Å²) < 4.78 is 0.862. The molecule has 0 saturated carbocycles. The molecule has 0 unspecified atom stereocenters. The fraction of sp³-hybridized carbons (Fsp3) is 0.0714. The molecule has 0 atom stereocenters. The van der Waals surface area contributed by atoms with Crippen molar-refractivity contribution in [1.29, 1.82) is 0 Å². The normalized spacial score (nSPS) is 11.0. The number of aromatic nitrogens is 2. The number of hydrogen-bond donors (Lipinski definition) is 1. The molecule has 0 saturated heterocycles. The molecule has 0 bridgehead atoms. The molecule has 0 aliphatic heterocycles. The lowest BCUT2D eigenvalue weighted by atomic mass is 10.0. The summed E-state index contributed by atoms with van der Waals surface area (Å²) in [4.78, 5) is 18.1. The molecule has 1 N–H and O–H groups in total. The Morgan fingerprint density at radius 2 is 2.14 bits per heavy atom. The molecule has 0 aliphatic carbocycles. The van der Waals surface area contributed by atoms with Gasteiger partial charge in [-0.1, -0.05) is 17.7 Å². The highest BCUT2D eigenvalue weighted by Crippen LogP contribution is 2.28. The Labute approximate surface area is 133 Å². The molecular formula is C14H9BrClN3O2. The second-order valence-corrected chi connectivity index (χ2v) is 5.92. The van der Waals surface area contributed by atoms with Crippen molar-refractivity contribution in [3.05, 3.63) is 67.4 Å². The molecule has 7 heteroatoms. The quantitative estimate of drug-likeness (QED) is 0.549. The van der Waals surface area contributed by atoms with Crippen LogP contribution in [0, 0.1) is 10.1 Å². The van der Waals surface area contributed by atoms with Gasteiger partial charge in [-0.2, -0.15) is 0 Å². The van der Waals surface area contributed by atoms with Crippen molar-refractivity contribution in [3.8, 4) is 0 Å². The number of H-pyrrole nitrogens is 1. The lowest BCUT2D eigenvalue weighted by Crippen LogP contribution is -1.96. The van der Waals surface area contributed by atoms with Gasteiger partial charge in [-0.25, -0.2) is 4.98 Å². The maximum Gasteiger partial charge on any atom is 0.274 e. The van der Waals surface area contributed by atoms with E-state index in [1.807, 2.05) is 12.3 Å². The molecule has 2 heterocycles. The van der Waals surface area contributed by atoms with Gasteiger partial charge in [-0.3, -0.25) is 10.1 Å². The SMILES string of the molecule is O=[N+]([O-])c1cc(Cl)ccc1Cc1c[nH]c2ncc(Br)cc12. The number of benzene rings is 1. The van der Waals surface area contributed by atoms with E-state index in [1.54, 1.807) is 18.3 Å². The highest BCUT2D eigenvalue weighted by molar-refractivity contribution is 9.10. The molecule has 0 radical (unpaired) electrons. The third-order valence-corrected chi connectivity index (χ3v) is 3.88. The average Bonchev–Trinajstić information content (AvgIpc) is 2.83. The first-order chi connectivity index (χ1) is 10.0. The number of rotatable bonds is 3. The Bertz CT molecular complexity index is 847. The van der Waals surface area contributed by atoms with Crippen LogP contribution in [0.1, 0.15) is 11.1 Å². The molecule has 21 heavy (non-hydrogen) atoms. The first kappa shape index (κ1) is 14.0. The molecule has 0 fully saturated rings. The van der Waals surface area contributed by atoms with Crippen molar-refractivity contribution in [3.63, 3.8) is 0 Å². The fourth-order valence-electron chi connectivity index (χ4n) is 2.24. The van der Waals surface area contributed by atoms with Gasteiger partial charge in [0.05, 0.1) is 4.92 Å². The lowest BCUT2D eigenvalue weighted by molar-refractivity contribution is -0.385. The Balaban J connectivity index is 2.06. The Kier molecular flexibility index (Phi) is 3.65. The summed E-state index contributed by atoms with van der Waals surface area (Å²) >= 11 is 9.21. The summed E-state index contributed by atoms with van der Waals surface area (Å²) in [5.74, 6) is 0. The zero-order valence-corrected chi connectivity index (χ0v) is 13.0. The lowest BCUT2D eigenvalue weighted by Gasteiger charge is -2.03. The number of pyridine rings is 1. The summed E-state index contributed by atoms with van der Waals surface area (Å²) in [7, 11) is 0. The predicted octanol–water partition coefficient (Wildman–Crippen LogP) is 4.48. The van der Waals surface area contributed by atoms with Crippen molar-refractivity contribution in [2.45, 2.75) is 6.42 Å². The molecular weight excluding hydrogens is 358 g/mol. The van der Waals surface area contributed by atoms with E-state index < -0.39 is 4.92 Å². The molecule has 2 aromatic heterocycles. The second kappa shape index (κ2) is 5.46. The standard InChI is InChI=1S/C14H9BrClN3O2/c15-10-4-12-9(6-17-14(12)18-7-10)3-8-1-2-11(16)5-13(8)19(20)21/h1-2,4-7H,3H2,(H,17,18). The van der Waals surface area contributed by atoms with Crippen LogP contribution in [0.25, 0.3) is 11.0 Å². The van der Waals surface area contributed by atoms with E-state index >= 15 is 0 Å². The van der Waals surface area contributed by atoms with Crippen LogP contribution in [0.5, 0.6) is 0 Å². The van der Waals surface area contributed by atoms with Gasteiger partial charge in [0.15, 0.2) is 0 Å². The molecule has 0 amide bonds. The summed E-state index contributed by atoms with van der Waals surface area (Å²) in [5.41, 5.74) is 2.35. The summed E-state index contributed by atoms with van der Waals surface area (Å²) in [6.07, 6.45) is 3.96. The van der Waals surface area contributed by atoms with E-state index in [9.17, 15) is 10.1 Å². The number of nitro benzene ring substituents is 1. The van der Waals surface area contributed by atoms with Crippen molar-refractivity contribution < 1.29 is 4.92 Å². The van der Waals surface area contributed by atoms with Gasteiger partial charge in [0.25, 0.3) is 5.69 Å². The minimum atomic E-state index is -0.412. The minimum Gasteiger partial charge on any atom is -0.346 e. The Hall–Kier alpha value is -1.92. The minimum absolute atomic E-state index is 0.0276. The first-order valence-corrected chi connectivity index (χ1v) is 7.26. The van der Waals surface area contributed by atoms with Crippen LogP contribution in [-0.2, 0) is 6.42 Å². The first-order valence-electron chi connectivity index (χ1n) is 6.09. The highest BCUT2D eigenvalue weighted by atomic mass is 79.9. The van der Waals surface area contributed by atoms with E-state index in [-0.39, 0.29) is 5.69 Å². The number of nitro groups is 1. The fourth-order valence-corrected chi connectivity index (χ4v) is 2.74. The maximum atomic E-state index is 11.1. The van der Waals surface area contributed by atoms with Gasteiger partial charge in [0.1, 0.15) is 5.65 Å². The van der Waals surface area contributed by atoms with E-state index in [2.05, 4.69) is 25.9 Å². The number of halogens is 2. The number of hydrogen-bond acceptors (Lipinski definition) is 3. The van der Waals surface area contributed by atoms with Gasteiger partial charge in [-0.05, 0) is 33.6 Å². The smallest absolute Gasteiger partial charge is 0.274 e. The number of nitrogens with one attached hydrogen (secondary N) is 1. The summed E-state index contributed by atoms with van der Waals surface area (Å²) in [6.45, 7) is 0. The molecule has 1 aromatic carbocycles. The molecule has 5 nitrogen and oxygen atoms in total. The molecule has 3 aromatic rings. The van der Waals surface area contributed by atoms with Crippen molar-refractivity contribution in [2.24, 2.45) is 0 Å². The third kappa shape index (κ3) is 2.77. The second-order valence-electron chi connectivity index (χ2n) is 4.57. The zero-order chi connectivity index (χ0) is 15.0. The van der Waals surface area contributed by atoms with Crippen molar-refractivity contribution in [1.82, 2.24) is 9.97 Å². The number of fused-ring (bicyclic) bond motifs is 1. The van der Waals surface area contributed by atoms with E-state index in [1.165, 1.54) is 6.07 Å². The van der Waals surface area contributed by atoms with E-state index in [0.717, 1.165) is 21.1 Å². The predicted molar refractivity (Wildman–Crippen MR) is 84.7 cm³/mol. The monoisotopic (exact) mass is 365 g/mol. The van der Waals surface area contributed by atoms with Gasteiger partial charge >= 0.3 is 0 Å². The van der Waals surface area contributed by atoms with Crippen molar-refractivity contribution in [2.75, 3.05) is 0 Å². The third-order valence-electron chi connectivity index (χ3n) is 3.21. The molecule has 0 aliphatic rings. The van der Waals surface area contributed by atoms with Gasteiger partial charge in [0.2, 0.25) is 0 Å². The topological polar surface area (TPSA) is 71.8 Å². The molecule has 3 rings (SSSR count). The van der Waals surface area contributed by atoms with Gasteiger partial charge < -0.3 is 4.98 Å². The zero-order valence-electron chi connectivity index (χ0n) is 10.6. The molecule has 0 spiro atoms. The Morgan fingerprint density at radius 3 is 2.90 bits per heavy atom. The van der Waals surface area contributed by atoms with Crippen LogP contribution >= 0.6 is 27.5 Å². The van der Waals surface area contributed by atoms with Crippen LogP contribution in [0.4, 0.5) is 5.69 Å². The van der Waals surface area contributed by atoms with Crippen LogP contribution in [0.3, 0.4) is 0 Å². The van der Waals surface area contributed by atoms with Crippen molar-refractivity contribution >= 4 is 44.3 Å². The van der Waals surface area contributed by atoms with Crippen LogP contribution in [-0.4, -0.2) is 14.9 Å². The summed E-state index contributed by atoms with van der Waals surface area (Å²) in [5, 5.41) is 12.4. The largest absolute Gasteiger partial charge is 0.346 e. The number of aromatic amines is 1. The van der Waals surface area contributed by atoms with Crippen LogP contribution in [0.2, 0.25) is 5.02 Å². The average molecular weight is 367 g/mol. The molecule has 106 valence electrons. The van der Waals surface area contributed by atoms with Gasteiger partial charge in [0, 0.05) is 45.3 Å². The van der Waals surface area contributed by atoms with Gasteiger partial charge in [-0.15, -0.1) is 0 Å². The maximum absolute atomic E-state index is 11.1.